The Morgan fingerprint density at radius 3 is 2.71 bits per heavy atom. The van der Waals surface area contributed by atoms with Crippen molar-refractivity contribution in [3.63, 3.8) is 0 Å². The normalized spacial score (nSPS) is 13.9. The smallest absolute Gasteiger partial charge is 0.414 e. The van der Waals surface area contributed by atoms with Crippen LogP contribution >= 0.6 is 11.6 Å². The van der Waals surface area contributed by atoms with Gasteiger partial charge in [0.05, 0.1) is 29.1 Å². The van der Waals surface area contributed by atoms with Gasteiger partial charge in [-0.3, -0.25) is 9.88 Å². The number of fused-ring (bicyclic) bond motifs is 1. The topological polar surface area (TPSA) is 58.2 Å². The summed E-state index contributed by atoms with van der Waals surface area (Å²) in [4.78, 5) is 22.1. The number of ether oxygens (including phenoxy) is 1. The summed E-state index contributed by atoms with van der Waals surface area (Å²) in [6.07, 6.45) is 1.43. The Balaban J connectivity index is 1.82. The zero-order chi connectivity index (χ0) is 19.1. The van der Waals surface area contributed by atoms with E-state index < -0.39 is 0 Å². The molecule has 0 spiro atoms. The summed E-state index contributed by atoms with van der Waals surface area (Å²) in [5.74, 6) is 0. The number of nitrogens with one attached hydrogen (secondary N) is 1. The van der Waals surface area contributed by atoms with Gasteiger partial charge in [0.15, 0.2) is 0 Å². The molecule has 0 radical (unpaired) electrons. The number of carbonyl (C=O) groups is 1. The molecule has 2 aromatic heterocycles. The van der Waals surface area contributed by atoms with Crippen LogP contribution in [0.4, 0.5) is 10.5 Å². The Labute approximate surface area is 166 Å². The molecule has 3 heterocycles. The molecule has 0 saturated carbocycles. The number of benzene rings is 2. The summed E-state index contributed by atoms with van der Waals surface area (Å²) in [7, 11) is 0. The van der Waals surface area contributed by atoms with Crippen LogP contribution in [0.15, 0.2) is 66.9 Å². The average molecular weight is 390 g/mol. The van der Waals surface area contributed by atoms with E-state index in [1.165, 1.54) is 0 Å². The van der Waals surface area contributed by atoms with Crippen LogP contribution in [-0.4, -0.2) is 29.2 Å². The van der Waals surface area contributed by atoms with Crippen molar-refractivity contribution < 1.29 is 9.53 Å². The van der Waals surface area contributed by atoms with E-state index in [0.717, 1.165) is 39.1 Å². The second-order valence-corrected chi connectivity index (χ2v) is 7.00. The van der Waals surface area contributed by atoms with Gasteiger partial charge in [-0.05, 0) is 24.3 Å². The van der Waals surface area contributed by atoms with E-state index in [-0.39, 0.29) is 6.09 Å². The fourth-order valence-electron chi connectivity index (χ4n) is 3.67. The highest BCUT2D eigenvalue weighted by molar-refractivity contribution is 6.31. The van der Waals surface area contributed by atoms with Crippen molar-refractivity contribution in [2.24, 2.45) is 0 Å². The van der Waals surface area contributed by atoms with Gasteiger partial charge >= 0.3 is 6.09 Å². The number of carbonyl (C=O) groups excluding carboxylic acids is 1. The fourth-order valence-corrected chi connectivity index (χ4v) is 3.86. The minimum absolute atomic E-state index is 0.340. The van der Waals surface area contributed by atoms with E-state index in [1.54, 1.807) is 11.1 Å². The molecule has 1 aliphatic rings. The Morgan fingerprint density at radius 2 is 1.96 bits per heavy atom. The van der Waals surface area contributed by atoms with Crippen molar-refractivity contribution >= 4 is 34.3 Å². The van der Waals surface area contributed by atoms with Crippen LogP contribution in [-0.2, 0) is 4.74 Å². The third kappa shape index (κ3) is 2.72. The highest BCUT2D eigenvalue weighted by Crippen LogP contribution is 2.42. The predicted octanol–water partition coefficient (Wildman–Crippen LogP) is 5.51. The summed E-state index contributed by atoms with van der Waals surface area (Å²) in [6.45, 7) is 0.883. The number of halogens is 1. The van der Waals surface area contributed by atoms with Gasteiger partial charge in [-0.25, -0.2) is 4.79 Å². The molecule has 1 saturated heterocycles. The van der Waals surface area contributed by atoms with Gasteiger partial charge in [0.1, 0.15) is 6.61 Å². The second-order valence-electron chi connectivity index (χ2n) is 6.57. The maximum Gasteiger partial charge on any atom is 0.414 e. The van der Waals surface area contributed by atoms with Crippen LogP contribution in [0, 0.1) is 0 Å². The predicted molar refractivity (Wildman–Crippen MR) is 111 cm³/mol. The Bertz CT molecular complexity index is 1190. The van der Waals surface area contributed by atoms with E-state index in [0.29, 0.717) is 18.2 Å². The minimum atomic E-state index is -0.340. The number of rotatable bonds is 3. The first-order chi connectivity index (χ1) is 13.7. The zero-order valence-electron chi connectivity index (χ0n) is 14.9. The van der Waals surface area contributed by atoms with Crippen molar-refractivity contribution in [2.45, 2.75) is 0 Å². The SMILES string of the molecule is O=C1OCCN1c1c(-c2cccc(Cl)c2)[nH]c2c(-c3ccccn3)cccc12. The van der Waals surface area contributed by atoms with E-state index in [4.69, 9.17) is 16.3 Å². The molecular weight excluding hydrogens is 374 g/mol. The van der Waals surface area contributed by atoms with Crippen LogP contribution in [0.3, 0.4) is 0 Å². The number of anilines is 1. The largest absolute Gasteiger partial charge is 0.447 e. The van der Waals surface area contributed by atoms with Gasteiger partial charge in [-0.2, -0.15) is 0 Å². The third-order valence-electron chi connectivity index (χ3n) is 4.89. The molecule has 28 heavy (non-hydrogen) atoms. The highest BCUT2D eigenvalue weighted by atomic mass is 35.5. The maximum absolute atomic E-state index is 12.4. The summed E-state index contributed by atoms with van der Waals surface area (Å²) < 4.78 is 5.20. The summed E-state index contributed by atoms with van der Waals surface area (Å²) in [6, 6.07) is 19.4. The lowest BCUT2D eigenvalue weighted by Crippen LogP contribution is -2.23. The molecule has 0 aliphatic carbocycles. The zero-order valence-corrected chi connectivity index (χ0v) is 15.6. The van der Waals surface area contributed by atoms with Crippen LogP contribution in [0.1, 0.15) is 0 Å². The molecule has 5 nitrogen and oxygen atoms in total. The van der Waals surface area contributed by atoms with Crippen LogP contribution in [0.25, 0.3) is 33.4 Å². The van der Waals surface area contributed by atoms with Gasteiger partial charge in [0, 0.05) is 27.7 Å². The monoisotopic (exact) mass is 389 g/mol. The van der Waals surface area contributed by atoms with Crippen molar-refractivity contribution in [1.82, 2.24) is 9.97 Å². The number of nitrogens with zero attached hydrogens (tertiary/aromatic N) is 2. The Morgan fingerprint density at radius 1 is 1.07 bits per heavy atom. The van der Waals surface area contributed by atoms with E-state index in [9.17, 15) is 4.79 Å². The number of H-pyrrole nitrogens is 1. The van der Waals surface area contributed by atoms with Crippen LogP contribution in [0.2, 0.25) is 5.02 Å². The molecule has 1 aliphatic heterocycles. The molecule has 1 amide bonds. The first-order valence-electron chi connectivity index (χ1n) is 8.99. The van der Waals surface area contributed by atoms with Crippen molar-refractivity contribution in [2.75, 3.05) is 18.1 Å². The van der Waals surface area contributed by atoms with Crippen molar-refractivity contribution in [3.05, 3.63) is 71.9 Å². The molecule has 1 N–H and O–H groups in total. The summed E-state index contributed by atoms with van der Waals surface area (Å²) >= 11 is 6.23. The van der Waals surface area contributed by atoms with Gasteiger partial charge in [0.2, 0.25) is 0 Å². The molecule has 6 heteroatoms. The molecule has 1 fully saturated rings. The summed E-state index contributed by atoms with van der Waals surface area (Å²) in [5, 5.41) is 1.58. The second kappa shape index (κ2) is 6.69. The number of aromatic nitrogens is 2. The molecule has 0 atom stereocenters. The van der Waals surface area contributed by atoms with Gasteiger partial charge in [-0.1, -0.05) is 48.0 Å². The number of para-hydroxylation sites is 1. The molecule has 4 aromatic rings. The minimum Gasteiger partial charge on any atom is -0.447 e. The Kier molecular flexibility index (Phi) is 4.02. The lowest BCUT2D eigenvalue weighted by atomic mass is 10.1. The molecule has 2 aromatic carbocycles. The molecule has 138 valence electrons. The van der Waals surface area contributed by atoms with Gasteiger partial charge < -0.3 is 9.72 Å². The van der Waals surface area contributed by atoms with E-state index >= 15 is 0 Å². The van der Waals surface area contributed by atoms with Crippen LogP contribution in [0.5, 0.6) is 0 Å². The Hall–Kier alpha value is -3.31. The molecule has 0 unspecified atom stereocenters. The molecular formula is C22H16ClN3O2. The number of hydrogen-bond donors (Lipinski definition) is 1. The fraction of sp³-hybridized carbons (Fsp3) is 0.0909. The van der Waals surface area contributed by atoms with E-state index in [1.807, 2.05) is 60.7 Å². The maximum atomic E-state index is 12.4. The lowest BCUT2D eigenvalue weighted by molar-refractivity contribution is 0.181. The van der Waals surface area contributed by atoms with Gasteiger partial charge in [-0.15, -0.1) is 0 Å². The van der Waals surface area contributed by atoms with Crippen molar-refractivity contribution in [3.8, 4) is 22.5 Å². The molecule has 5 rings (SSSR count). The number of aromatic amines is 1. The summed E-state index contributed by atoms with van der Waals surface area (Å²) in [5.41, 5.74) is 5.30. The third-order valence-corrected chi connectivity index (χ3v) is 5.13. The highest BCUT2D eigenvalue weighted by Gasteiger charge is 2.30. The first-order valence-corrected chi connectivity index (χ1v) is 9.36. The average Bonchev–Trinajstić information content (AvgIpc) is 3.31. The van der Waals surface area contributed by atoms with E-state index in [2.05, 4.69) is 9.97 Å². The van der Waals surface area contributed by atoms with Crippen LogP contribution < -0.4 is 4.90 Å². The number of cyclic esters (lactones) is 1. The van der Waals surface area contributed by atoms with Crippen molar-refractivity contribution in [1.29, 1.82) is 0 Å². The number of pyridine rings is 1. The standard InChI is InChI=1S/C22H16ClN3O2/c23-15-6-3-5-14(13-15)19-21(26-11-12-28-22(26)27)17-8-4-7-16(20(17)25-19)18-9-1-2-10-24-18/h1-10,13,25H,11-12H2. The first kappa shape index (κ1) is 16.8. The quantitative estimate of drug-likeness (QED) is 0.502. The molecule has 0 bridgehead atoms. The lowest BCUT2D eigenvalue weighted by Gasteiger charge is -2.15. The number of hydrogen-bond acceptors (Lipinski definition) is 3. The van der Waals surface area contributed by atoms with Gasteiger partial charge in [0.25, 0.3) is 0 Å². The number of amides is 1.